The van der Waals surface area contributed by atoms with E-state index in [1.807, 2.05) is 6.92 Å². The Balaban J connectivity index is 1.76. The van der Waals surface area contributed by atoms with Gasteiger partial charge in [0.15, 0.2) is 6.73 Å². The molecule has 28 heavy (non-hydrogen) atoms. The van der Waals surface area contributed by atoms with E-state index in [9.17, 15) is 9.59 Å². The summed E-state index contributed by atoms with van der Waals surface area (Å²) < 4.78 is 5.75. The molecule has 8 heteroatoms. The van der Waals surface area contributed by atoms with Gasteiger partial charge in [-0.15, -0.1) is 11.8 Å². The fourth-order valence-corrected chi connectivity index (χ4v) is 5.18. The van der Waals surface area contributed by atoms with Gasteiger partial charge < -0.3 is 10.1 Å². The highest BCUT2D eigenvalue weighted by molar-refractivity contribution is 8.04. The van der Waals surface area contributed by atoms with Crippen LogP contribution in [0, 0.1) is 0 Å². The van der Waals surface area contributed by atoms with E-state index in [1.54, 1.807) is 43.8 Å². The number of anilines is 1. The molecule has 1 aliphatic carbocycles. The van der Waals surface area contributed by atoms with Gasteiger partial charge in [-0.05, 0) is 51.8 Å². The summed E-state index contributed by atoms with van der Waals surface area (Å²) in [7, 11) is 0. The van der Waals surface area contributed by atoms with Crippen molar-refractivity contribution in [3.05, 3.63) is 38.9 Å². The van der Waals surface area contributed by atoms with Gasteiger partial charge in [-0.25, -0.2) is 0 Å². The number of nitrogens with one attached hydrogen (secondary N) is 1. The molecule has 1 fully saturated rings. The van der Waals surface area contributed by atoms with E-state index in [1.165, 1.54) is 17.7 Å². The van der Waals surface area contributed by atoms with Gasteiger partial charge in [0.05, 0.1) is 0 Å². The van der Waals surface area contributed by atoms with E-state index in [0.29, 0.717) is 31.6 Å². The molecule has 1 aromatic rings. The summed E-state index contributed by atoms with van der Waals surface area (Å²) in [5.41, 5.74) is -0.637. The number of benzene rings is 1. The Bertz CT molecular complexity index is 799. The first-order valence-corrected chi connectivity index (χ1v) is 10.9. The Morgan fingerprint density at radius 1 is 1.21 bits per heavy atom. The quantitative estimate of drug-likeness (QED) is 0.659. The Morgan fingerprint density at radius 2 is 1.82 bits per heavy atom. The lowest BCUT2D eigenvalue weighted by Gasteiger charge is -2.40. The highest BCUT2D eigenvalue weighted by Crippen LogP contribution is 2.39. The van der Waals surface area contributed by atoms with Crippen LogP contribution in [0.15, 0.2) is 28.9 Å². The van der Waals surface area contributed by atoms with Gasteiger partial charge >= 0.3 is 0 Å². The van der Waals surface area contributed by atoms with Crippen molar-refractivity contribution in [2.24, 2.45) is 0 Å². The predicted molar refractivity (Wildman–Crippen MR) is 115 cm³/mol. The number of halogens is 2. The van der Waals surface area contributed by atoms with Crippen LogP contribution in [0.2, 0.25) is 10.0 Å². The number of hydrogen-bond donors (Lipinski definition) is 1. The summed E-state index contributed by atoms with van der Waals surface area (Å²) in [5.74, 6) is 0.133. The lowest BCUT2D eigenvalue weighted by molar-refractivity contribution is -0.148. The first kappa shape index (κ1) is 21.3. The zero-order valence-electron chi connectivity index (χ0n) is 16.2. The van der Waals surface area contributed by atoms with Crippen molar-refractivity contribution in [2.75, 3.05) is 12.0 Å². The molecule has 1 saturated carbocycles. The molecule has 2 amide bonds. The molecule has 152 valence electrons. The Hall–Kier alpha value is -1.37. The molecule has 2 aliphatic rings. The molecule has 1 N–H and O–H groups in total. The van der Waals surface area contributed by atoms with Crippen molar-refractivity contribution in [3.8, 4) is 0 Å². The summed E-state index contributed by atoms with van der Waals surface area (Å²) >= 11 is 13.6. The Kier molecular flexibility index (Phi) is 6.52. The van der Waals surface area contributed by atoms with Crippen LogP contribution in [0.3, 0.4) is 0 Å². The number of ether oxygens (including phenoxy) is 1. The molecule has 1 aromatic carbocycles. The van der Waals surface area contributed by atoms with Gasteiger partial charge in [-0.2, -0.15) is 0 Å². The number of carbonyl (C=O) groups excluding carboxylic acids is 2. The van der Waals surface area contributed by atoms with Crippen LogP contribution >= 0.6 is 35.0 Å². The van der Waals surface area contributed by atoms with Gasteiger partial charge in [-0.3, -0.25) is 14.5 Å². The van der Waals surface area contributed by atoms with Crippen LogP contribution in [-0.4, -0.2) is 34.2 Å². The van der Waals surface area contributed by atoms with Crippen molar-refractivity contribution in [1.29, 1.82) is 0 Å². The van der Waals surface area contributed by atoms with E-state index in [2.05, 4.69) is 5.32 Å². The molecule has 0 spiro atoms. The van der Waals surface area contributed by atoms with Crippen molar-refractivity contribution < 1.29 is 14.3 Å². The fraction of sp³-hybridized carbons (Fsp3) is 0.500. The summed E-state index contributed by atoms with van der Waals surface area (Å²) in [6, 6.07) is 4.81. The molecular weight excluding hydrogens is 419 g/mol. The molecule has 3 rings (SSSR count). The Labute approximate surface area is 179 Å². The van der Waals surface area contributed by atoms with Crippen LogP contribution in [0.25, 0.3) is 0 Å². The molecule has 0 atom stereocenters. The molecule has 5 nitrogen and oxygen atoms in total. The monoisotopic (exact) mass is 442 g/mol. The molecule has 1 heterocycles. The van der Waals surface area contributed by atoms with E-state index in [0.717, 1.165) is 12.8 Å². The van der Waals surface area contributed by atoms with Gasteiger partial charge in [0.25, 0.3) is 5.91 Å². The second-order valence-corrected chi connectivity index (χ2v) is 9.77. The van der Waals surface area contributed by atoms with Gasteiger partial charge in [0.1, 0.15) is 16.2 Å². The van der Waals surface area contributed by atoms with Crippen LogP contribution in [0.5, 0.6) is 0 Å². The first-order chi connectivity index (χ1) is 13.2. The summed E-state index contributed by atoms with van der Waals surface area (Å²) in [4.78, 5) is 28.2. The van der Waals surface area contributed by atoms with Crippen molar-refractivity contribution >= 4 is 52.5 Å². The fourth-order valence-electron chi connectivity index (χ4n) is 3.31. The average molecular weight is 443 g/mol. The lowest BCUT2D eigenvalue weighted by atomic mass is 10.0. The van der Waals surface area contributed by atoms with Crippen LogP contribution < -0.4 is 5.32 Å². The standard InChI is InChI=1S/C20H24Cl2N2O3S/c1-12-17(28-16-6-4-5-7-16)18(25)24(11-27-12)20(2,3)19(26)23-15-9-13(21)8-14(22)10-15/h8-10,16H,4-7,11H2,1-3H3,(H,23,26). The number of rotatable bonds is 5. The van der Waals surface area contributed by atoms with Gasteiger partial charge in [0.2, 0.25) is 5.91 Å². The average Bonchev–Trinajstić information content (AvgIpc) is 3.10. The van der Waals surface area contributed by atoms with Crippen LogP contribution in [0.4, 0.5) is 5.69 Å². The second-order valence-electron chi connectivity index (χ2n) is 7.59. The van der Waals surface area contributed by atoms with Crippen LogP contribution in [0.1, 0.15) is 46.5 Å². The minimum Gasteiger partial charge on any atom is -0.476 e. The molecule has 0 radical (unpaired) electrons. The minimum atomic E-state index is -1.12. The van der Waals surface area contributed by atoms with E-state index >= 15 is 0 Å². The normalized spacial score (nSPS) is 18.5. The second kappa shape index (κ2) is 8.56. The molecule has 0 bridgehead atoms. The van der Waals surface area contributed by atoms with Gasteiger partial charge in [-0.1, -0.05) is 36.0 Å². The molecule has 0 aromatic heterocycles. The smallest absolute Gasteiger partial charge is 0.267 e. The third-order valence-electron chi connectivity index (χ3n) is 5.11. The maximum absolute atomic E-state index is 13.2. The molecule has 0 unspecified atom stereocenters. The van der Waals surface area contributed by atoms with Crippen molar-refractivity contribution in [3.63, 3.8) is 0 Å². The zero-order valence-corrected chi connectivity index (χ0v) is 18.5. The number of amides is 2. The minimum absolute atomic E-state index is 0.0378. The number of allylic oxidation sites excluding steroid dienone is 1. The number of hydrogen-bond acceptors (Lipinski definition) is 4. The SMILES string of the molecule is CC1=C(SC2CCCC2)C(=O)N(C(C)(C)C(=O)Nc2cc(Cl)cc(Cl)c2)CO1. The van der Waals surface area contributed by atoms with E-state index in [4.69, 9.17) is 27.9 Å². The summed E-state index contributed by atoms with van der Waals surface area (Å²) in [6.45, 7) is 5.26. The van der Waals surface area contributed by atoms with Crippen molar-refractivity contribution in [1.82, 2.24) is 4.90 Å². The third-order valence-corrected chi connectivity index (χ3v) is 7.05. The molecular formula is C20H24Cl2N2O3S. The molecule has 1 aliphatic heterocycles. The van der Waals surface area contributed by atoms with E-state index < -0.39 is 5.54 Å². The maximum atomic E-state index is 13.2. The first-order valence-electron chi connectivity index (χ1n) is 9.28. The Morgan fingerprint density at radius 3 is 2.43 bits per heavy atom. The third kappa shape index (κ3) is 4.61. The zero-order chi connectivity index (χ0) is 20.5. The summed E-state index contributed by atoms with van der Waals surface area (Å²) in [6.07, 6.45) is 4.60. The molecule has 0 saturated heterocycles. The summed E-state index contributed by atoms with van der Waals surface area (Å²) in [5, 5.41) is 4.08. The number of carbonyl (C=O) groups is 2. The maximum Gasteiger partial charge on any atom is 0.267 e. The van der Waals surface area contributed by atoms with Crippen molar-refractivity contribution in [2.45, 2.75) is 57.2 Å². The number of thioether (sulfide) groups is 1. The van der Waals surface area contributed by atoms with E-state index in [-0.39, 0.29) is 18.5 Å². The number of nitrogens with zero attached hydrogens (tertiary/aromatic N) is 1. The largest absolute Gasteiger partial charge is 0.476 e. The predicted octanol–water partition coefficient (Wildman–Crippen LogP) is 5.43. The van der Waals surface area contributed by atoms with Crippen LogP contribution in [-0.2, 0) is 14.3 Å². The highest BCUT2D eigenvalue weighted by atomic mass is 35.5. The lowest BCUT2D eigenvalue weighted by Crippen LogP contribution is -2.57. The topological polar surface area (TPSA) is 58.6 Å². The van der Waals surface area contributed by atoms with Gasteiger partial charge in [0, 0.05) is 21.0 Å². The highest BCUT2D eigenvalue weighted by Gasteiger charge is 2.42.